The molecule has 1 heterocycles. The number of aliphatic carboxylic acids is 1. The second-order valence-electron chi connectivity index (χ2n) is 5.08. The molecule has 2 unspecified atom stereocenters. The van der Waals surface area contributed by atoms with Crippen molar-refractivity contribution in [1.29, 1.82) is 0 Å². The Labute approximate surface area is 118 Å². The topological polar surface area (TPSA) is 95.9 Å². The van der Waals surface area contributed by atoms with E-state index < -0.39 is 18.0 Å². The number of urea groups is 1. The van der Waals surface area contributed by atoms with Crippen molar-refractivity contribution in [2.75, 3.05) is 20.2 Å². The highest BCUT2D eigenvalue weighted by Gasteiger charge is 2.26. The van der Waals surface area contributed by atoms with E-state index in [4.69, 9.17) is 5.11 Å². The van der Waals surface area contributed by atoms with Crippen LogP contribution in [-0.4, -0.2) is 54.2 Å². The van der Waals surface area contributed by atoms with Crippen LogP contribution in [0, 0.1) is 5.92 Å². The van der Waals surface area contributed by atoms with Crippen LogP contribution in [0.15, 0.2) is 0 Å². The number of piperidine rings is 1. The number of methoxy groups -OCH3 is 1. The summed E-state index contributed by atoms with van der Waals surface area (Å²) in [5.74, 6) is -1.09. The fourth-order valence-corrected chi connectivity index (χ4v) is 2.32. The molecule has 1 aliphatic heterocycles. The maximum absolute atomic E-state index is 12.0. The van der Waals surface area contributed by atoms with Crippen molar-refractivity contribution in [2.45, 2.75) is 38.6 Å². The largest absolute Gasteiger partial charge is 0.481 e. The molecule has 0 radical (unpaired) electrons. The monoisotopic (exact) mass is 286 g/mol. The van der Waals surface area contributed by atoms with E-state index in [9.17, 15) is 14.4 Å². The molecule has 114 valence electrons. The standard InChI is InChI=1S/C13H22N2O5/c1-9(12(18)20-2)14-13(19)15-7-3-4-10(8-15)5-6-11(16)17/h9-10H,3-8H2,1-2H3,(H,14,19)(H,16,17). The number of esters is 1. The number of rotatable bonds is 5. The Balaban J connectivity index is 2.43. The third-order valence-corrected chi connectivity index (χ3v) is 3.47. The van der Waals surface area contributed by atoms with Gasteiger partial charge < -0.3 is 20.1 Å². The third kappa shape index (κ3) is 5.07. The van der Waals surface area contributed by atoms with Crippen LogP contribution >= 0.6 is 0 Å². The number of hydrogen-bond donors (Lipinski definition) is 2. The fourth-order valence-electron chi connectivity index (χ4n) is 2.32. The second kappa shape index (κ2) is 7.72. The van der Waals surface area contributed by atoms with Gasteiger partial charge in [-0.25, -0.2) is 9.59 Å². The van der Waals surface area contributed by atoms with E-state index in [2.05, 4.69) is 10.1 Å². The Bertz CT molecular complexity index is 372. The van der Waals surface area contributed by atoms with Gasteiger partial charge in [0.1, 0.15) is 6.04 Å². The first-order valence-electron chi connectivity index (χ1n) is 6.79. The van der Waals surface area contributed by atoms with E-state index in [0.29, 0.717) is 19.5 Å². The van der Waals surface area contributed by atoms with Gasteiger partial charge in [-0.15, -0.1) is 0 Å². The Morgan fingerprint density at radius 1 is 1.45 bits per heavy atom. The van der Waals surface area contributed by atoms with Crippen LogP contribution in [0.25, 0.3) is 0 Å². The van der Waals surface area contributed by atoms with Gasteiger partial charge in [-0.2, -0.15) is 0 Å². The van der Waals surface area contributed by atoms with E-state index in [1.54, 1.807) is 11.8 Å². The predicted molar refractivity (Wildman–Crippen MR) is 71.2 cm³/mol. The molecular weight excluding hydrogens is 264 g/mol. The van der Waals surface area contributed by atoms with Crippen LogP contribution in [0.2, 0.25) is 0 Å². The number of amides is 2. The lowest BCUT2D eigenvalue weighted by Gasteiger charge is -2.33. The van der Waals surface area contributed by atoms with E-state index in [1.807, 2.05) is 0 Å². The molecule has 20 heavy (non-hydrogen) atoms. The van der Waals surface area contributed by atoms with Crippen molar-refractivity contribution in [3.63, 3.8) is 0 Å². The minimum absolute atomic E-state index is 0.124. The number of hydrogen-bond acceptors (Lipinski definition) is 4. The van der Waals surface area contributed by atoms with E-state index in [-0.39, 0.29) is 18.4 Å². The van der Waals surface area contributed by atoms with Crippen molar-refractivity contribution >= 4 is 18.0 Å². The minimum Gasteiger partial charge on any atom is -0.481 e. The molecule has 7 nitrogen and oxygen atoms in total. The van der Waals surface area contributed by atoms with Crippen molar-refractivity contribution in [3.05, 3.63) is 0 Å². The highest BCUT2D eigenvalue weighted by molar-refractivity contribution is 5.83. The SMILES string of the molecule is COC(=O)C(C)NC(=O)N1CCCC(CCC(=O)O)C1. The van der Waals surface area contributed by atoms with E-state index in [0.717, 1.165) is 12.8 Å². The lowest BCUT2D eigenvalue weighted by Crippen LogP contribution is -2.50. The van der Waals surface area contributed by atoms with Gasteiger partial charge in [0, 0.05) is 19.5 Å². The lowest BCUT2D eigenvalue weighted by molar-refractivity contribution is -0.142. The van der Waals surface area contributed by atoms with E-state index >= 15 is 0 Å². The van der Waals surface area contributed by atoms with Gasteiger partial charge in [-0.1, -0.05) is 0 Å². The zero-order chi connectivity index (χ0) is 15.1. The molecule has 0 aromatic rings. The molecule has 0 saturated carbocycles. The van der Waals surface area contributed by atoms with Crippen LogP contribution in [-0.2, 0) is 14.3 Å². The number of nitrogens with one attached hydrogen (secondary N) is 1. The number of ether oxygens (including phenoxy) is 1. The quantitative estimate of drug-likeness (QED) is 0.730. The molecule has 0 aromatic heterocycles. The van der Waals surface area contributed by atoms with Crippen molar-refractivity contribution in [1.82, 2.24) is 10.2 Å². The molecule has 0 bridgehead atoms. The highest BCUT2D eigenvalue weighted by atomic mass is 16.5. The number of carbonyl (C=O) groups excluding carboxylic acids is 2. The Morgan fingerprint density at radius 3 is 2.75 bits per heavy atom. The molecule has 1 rings (SSSR count). The van der Waals surface area contributed by atoms with Gasteiger partial charge in [0.15, 0.2) is 0 Å². The van der Waals surface area contributed by atoms with Crippen LogP contribution in [0.3, 0.4) is 0 Å². The van der Waals surface area contributed by atoms with Crippen LogP contribution in [0.1, 0.15) is 32.6 Å². The Hall–Kier alpha value is -1.79. The summed E-state index contributed by atoms with van der Waals surface area (Å²) in [4.78, 5) is 35.5. The number of carbonyl (C=O) groups is 3. The maximum Gasteiger partial charge on any atom is 0.328 e. The number of carboxylic acids is 1. The molecule has 0 aromatic carbocycles. The molecule has 1 fully saturated rings. The van der Waals surface area contributed by atoms with E-state index in [1.165, 1.54) is 7.11 Å². The molecule has 0 aliphatic carbocycles. The second-order valence-corrected chi connectivity index (χ2v) is 5.08. The molecular formula is C13H22N2O5. The zero-order valence-electron chi connectivity index (χ0n) is 11.9. The summed E-state index contributed by atoms with van der Waals surface area (Å²) in [5.41, 5.74) is 0. The normalized spacial score (nSPS) is 20.1. The number of likely N-dealkylation sites (tertiary alicyclic amines) is 1. The highest BCUT2D eigenvalue weighted by Crippen LogP contribution is 2.21. The summed E-state index contributed by atoms with van der Waals surface area (Å²) in [6.45, 7) is 2.73. The van der Waals surface area contributed by atoms with Crippen LogP contribution in [0.5, 0.6) is 0 Å². The van der Waals surface area contributed by atoms with Gasteiger partial charge in [0.05, 0.1) is 7.11 Å². The molecule has 7 heteroatoms. The third-order valence-electron chi connectivity index (χ3n) is 3.47. The summed E-state index contributed by atoms with van der Waals surface area (Å²) < 4.78 is 4.55. The van der Waals surface area contributed by atoms with Crippen molar-refractivity contribution < 1.29 is 24.2 Å². The summed E-state index contributed by atoms with van der Waals surface area (Å²) in [6.07, 6.45) is 2.48. The number of nitrogens with zero attached hydrogens (tertiary/aromatic N) is 1. The maximum atomic E-state index is 12.0. The Morgan fingerprint density at radius 2 is 2.15 bits per heavy atom. The van der Waals surface area contributed by atoms with Gasteiger partial charge in [0.2, 0.25) is 0 Å². The number of carboxylic acid groups (broad SMARTS) is 1. The molecule has 0 spiro atoms. The van der Waals surface area contributed by atoms with Crippen LogP contribution < -0.4 is 5.32 Å². The summed E-state index contributed by atoms with van der Waals surface area (Å²) in [6, 6.07) is -0.991. The summed E-state index contributed by atoms with van der Waals surface area (Å²) >= 11 is 0. The zero-order valence-corrected chi connectivity index (χ0v) is 11.9. The van der Waals surface area contributed by atoms with Crippen molar-refractivity contribution in [2.24, 2.45) is 5.92 Å². The molecule has 1 aliphatic rings. The van der Waals surface area contributed by atoms with Crippen LogP contribution in [0.4, 0.5) is 4.79 Å². The minimum atomic E-state index is -0.814. The van der Waals surface area contributed by atoms with Crippen molar-refractivity contribution in [3.8, 4) is 0 Å². The van der Waals surface area contributed by atoms with Gasteiger partial charge in [0.25, 0.3) is 0 Å². The first kappa shape index (κ1) is 16.3. The summed E-state index contributed by atoms with van der Waals surface area (Å²) in [5, 5.41) is 11.3. The summed E-state index contributed by atoms with van der Waals surface area (Å²) in [7, 11) is 1.27. The molecule has 2 amide bonds. The first-order chi connectivity index (χ1) is 9.43. The molecule has 2 atom stereocenters. The fraction of sp³-hybridized carbons (Fsp3) is 0.769. The van der Waals surface area contributed by atoms with Gasteiger partial charge >= 0.3 is 18.0 Å². The predicted octanol–water partition coefficient (Wildman–Crippen LogP) is 0.834. The smallest absolute Gasteiger partial charge is 0.328 e. The van der Waals surface area contributed by atoms with Gasteiger partial charge in [-0.05, 0) is 32.1 Å². The van der Waals surface area contributed by atoms with Gasteiger partial charge in [-0.3, -0.25) is 4.79 Å². The molecule has 2 N–H and O–H groups in total. The molecule has 1 saturated heterocycles. The first-order valence-corrected chi connectivity index (χ1v) is 6.79. The average molecular weight is 286 g/mol. The Kier molecular flexibility index (Phi) is 6.27. The average Bonchev–Trinajstić information content (AvgIpc) is 2.44. The lowest BCUT2D eigenvalue weighted by atomic mass is 9.93.